The highest BCUT2D eigenvalue weighted by Crippen LogP contribution is 2.31. The molecule has 1 atom stereocenters. The summed E-state index contributed by atoms with van der Waals surface area (Å²) in [6.45, 7) is 1.92. The van der Waals surface area contributed by atoms with Gasteiger partial charge in [-0.25, -0.2) is 8.42 Å². The Morgan fingerprint density at radius 2 is 2.00 bits per heavy atom. The largest absolute Gasteiger partial charge is 0.365 e. The van der Waals surface area contributed by atoms with Crippen LogP contribution in [0, 0.1) is 5.41 Å². The van der Waals surface area contributed by atoms with Crippen molar-refractivity contribution in [2.75, 3.05) is 5.75 Å². The Morgan fingerprint density at radius 1 is 1.33 bits per heavy atom. The van der Waals surface area contributed by atoms with E-state index in [9.17, 15) is 13.2 Å². The number of fused-ring (bicyclic) bond motifs is 1. The number of rotatable bonds is 4. The topological polar surface area (TPSA) is 77.2 Å². The molecule has 1 aliphatic rings. The Balaban J connectivity index is 1.95. The van der Waals surface area contributed by atoms with Crippen molar-refractivity contribution in [3.63, 3.8) is 0 Å². The molecule has 2 aromatic rings. The zero-order chi connectivity index (χ0) is 17.5. The molecular formula is C17H16BrNO3S2. The van der Waals surface area contributed by atoms with Crippen LogP contribution < -0.4 is 15.5 Å². The standard InChI is InChI=1S/C17H16BrNO3S2/c1-17(10-24(21,22)13-4-2-12(18)3-5-13)7-6-11-8-14(16(19)20)23-15(11)9-17/h2-6,8-9H,7,10H2,1H3,(H2,19,20). The Bertz CT molecular complexity index is 1020. The minimum absolute atomic E-state index is 0.0153. The molecule has 0 spiro atoms. The summed E-state index contributed by atoms with van der Waals surface area (Å²) < 4.78 is 27.2. The molecule has 0 fully saturated rings. The van der Waals surface area contributed by atoms with Crippen LogP contribution in [-0.2, 0) is 9.84 Å². The first-order chi connectivity index (χ1) is 11.2. The van der Waals surface area contributed by atoms with Crippen molar-refractivity contribution in [1.29, 1.82) is 0 Å². The van der Waals surface area contributed by atoms with E-state index in [1.807, 2.05) is 19.1 Å². The molecule has 4 nitrogen and oxygen atoms in total. The number of nitrogens with two attached hydrogens (primary N) is 1. The number of amides is 1. The lowest BCUT2D eigenvalue weighted by Gasteiger charge is -2.26. The van der Waals surface area contributed by atoms with Crippen molar-refractivity contribution in [2.45, 2.75) is 18.2 Å². The van der Waals surface area contributed by atoms with Gasteiger partial charge < -0.3 is 5.73 Å². The van der Waals surface area contributed by atoms with E-state index in [4.69, 9.17) is 5.73 Å². The molecule has 2 N–H and O–H groups in total. The van der Waals surface area contributed by atoms with Crippen LogP contribution in [0.5, 0.6) is 0 Å². The maximum Gasteiger partial charge on any atom is 0.258 e. The third-order valence-electron chi connectivity index (χ3n) is 3.99. The number of thiophene rings is 1. The Labute approximate surface area is 152 Å². The number of hydrogen-bond acceptors (Lipinski definition) is 4. The summed E-state index contributed by atoms with van der Waals surface area (Å²) in [6, 6.07) is 8.43. The van der Waals surface area contributed by atoms with Crippen LogP contribution in [0.25, 0.3) is 12.2 Å². The third kappa shape index (κ3) is 3.48. The average Bonchev–Trinajstić information content (AvgIpc) is 2.89. The molecule has 1 aliphatic carbocycles. The number of hydrogen-bond donors (Lipinski definition) is 1. The van der Waals surface area contributed by atoms with Gasteiger partial charge in [0.25, 0.3) is 5.91 Å². The summed E-state index contributed by atoms with van der Waals surface area (Å²) in [5, 5.41) is 0.951. The molecule has 0 bridgehead atoms. The van der Waals surface area contributed by atoms with Crippen LogP contribution in [0.1, 0.15) is 23.0 Å². The predicted molar refractivity (Wildman–Crippen MR) is 99.9 cm³/mol. The quantitative estimate of drug-likeness (QED) is 0.813. The molecule has 1 heterocycles. The van der Waals surface area contributed by atoms with Gasteiger partial charge in [-0.2, -0.15) is 0 Å². The fourth-order valence-corrected chi connectivity index (χ4v) is 5.97. The van der Waals surface area contributed by atoms with E-state index >= 15 is 0 Å². The molecule has 0 radical (unpaired) electrons. The molecule has 0 saturated carbocycles. The van der Waals surface area contributed by atoms with E-state index in [1.165, 1.54) is 11.3 Å². The fourth-order valence-electron chi connectivity index (χ4n) is 2.79. The van der Waals surface area contributed by atoms with Crippen LogP contribution in [0.3, 0.4) is 0 Å². The van der Waals surface area contributed by atoms with E-state index in [-0.39, 0.29) is 5.75 Å². The predicted octanol–water partition coefficient (Wildman–Crippen LogP) is 2.05. The molecule has 126 valence electrons. The van der Waals surface area contributed by atoms with Crippen molar-refractivity contribution in [2.24, 2.45) is 11.1 Å². The van der Waals surface area contributed by atoms with Gasteiger partial charge in [-0.15, -0.1) is 11.3 Å². The summed E-state index contributed by atoms with van der Waals surface area (Å²) in [5.41, 5.74) is 4.81. The number of benzene rings is 1. The zero-order valence-corrected chi connectivity index (χ0v) is 16.2. The lowest BCUT2D eigenvalue weighted by atomic mass is 9.86. The number of halogens is 1. The average molecular weight is 426 g/mol. The van der Waals surface area contributed by atoms with E-state index in [0.29, 0.717) is 16.2 Å². The minimum atomic E-state index is -3.41. The molecule has 7 heteroatoms. The van der Waals surface area contributed by atoms with Gasteiger partial charge in [0.15, 0.2) is 9.84 Å². The second-order valence-electron chi connectivity index (χ2n) is 6.21. The summed E-state index contributed by atoms with van der Waals surface area (Å²) in [7, 11) is -3.41. The summed E-state index contributed by atoms with van der Waals surface area (Å²) in [4.78, 5) is 12.1. The van der Waals surface area contributed by atoms with Crippen molar-refractivity contribution >= 4 is 55.2 Å². The Morgan fingerprint density at radius 3 is 2.62 bits per heavy atom. The summed E-state index contributed by atoms with van der Waals surface area (Å²) >= 11 is 4.62. The van der Waals surface area contributed by atoms with Gasteiger partial charge in [-0.1, -0.05) is 35.0 Å². The number of sulfone groups is 1. The molecule has 24 heavy (non-hydrogen) atoms. The van der Waals surface area contributed by atoms with Crippen LogP contribution in [0.2, 0.25) is 0 Å². The van der Waals surface area contributed by atoms with Gasteiger partial charge >= 0.3 is 0 Å². The van der Waals surface area contributed by atoms with Crippen LogP contribution in [0.4, 0.5) is 0 Å². The van der Waals surface area contributed by atoms with E-state index in [0.717, 1.165) is 14.2 Å². The van der Waals surface area contributed by atoms with Crippen molar-refractivity contribution in [3.8, 4) is 0 Å². The monoisotopic (exact) mass is 425 g/mol. The smallest absolute Gasteiger partial charge is 0.258 e. The van der Waals surface area contributed by atoms with E-state index in [2.05, 4.69) is 15.9 Å². The molecule has 1 aromatic heterocycles. The number of primary amides is 1. The SMILES string of the molecule is CC1(CS(=O)(=O)c2ccc(Br)cc2)C=c2sc(C(N)=O)cc2=CC1. The Kier molecular flexibility index (Phi) is 4.44. The van der Waals surface area contributed by atoms with Gasteiger partial charge in [0, 0.05) is 14.4 Å². The number of carbonyl (C=O) groups is 1. The van der Waals surface area contributed by atoms with E-state index in [1.54, 1.807) is 30.3 Å². The first-order valence-corrected chi connectivity index (χ1v) is 10.6. The highest BCUT2D eigenvalue weighted by atomic mass is 79.9. The lowest BCUT2D eigenvalue weighted by Crippen LogP contribution is -2.33. The second kappa shape index (κ2) is 6.13. The first kappa shape index (κ1) is 17.4. The van der Waals surface area contributed by atoms with Gasteiger partial charge in [-0.3, -0.25) is 4.79 Å². The van der Waals surface area contributed by atoms with Crippen LogP contribution >= 0.6 is 27.3 Å². The highest BCUT2D eigenvalue weighted by Gasteiger charge is 2.30. The van der Waals surface area contributed by atoms with Crippen molar-refractivity contribution in [1.82, 2.24) is 0 Å². The van der Waals surface area contributed by atoms with E-state index < -0.39 is 21.2 Å². The maximum atomic E-state index is 12.7. The van der Waals surface area contributed by atoms with Crippen molar-refractivity contribution < 1.29 is 13.2 Å². The fraction of sp³-hybridized carbons (Fsp3) is 0.235. The molecule has 0 saturated heterocycles. The van der Waals surface area contributed by atoms with Crippen molar-refractivity contribution in [3.05, 3.63) is 49.4 Å². The first-order valence-electron chi connectivity index (χ1n) is 7.30. The highest BCUT2D eigenvalue weighted by molar-refractivity contribution is 9.10. The van der Waals surface area contributed by atoms with Gasteiger partial charge in [0.05, 0.1) is 15.5 Å². The third-order valence-corrected chi connectivity index (χ3v) is 7.67. The number of carbonyl (C=O) groups excluding carboxylic acids is 1. The zero-order valence-electron chi connectivity index (χ0n) is 13.0. The molecule has 1 amide bonds. The van der Waals surface area contributed by atoms with Crippen LogP contribution in [0.15, 0.2) is 39.7 Å². The molecule has 0 aliphatic heterocycles. The van der Waals surface area contributed by atoms with Crippen LogP contribution in [-0.4, -0.2) is 20.1 Å². The normalized spacial score (nSPS) is 19.9. The molecule has 1 unspecified atom stereocenters. The molecule has 1 aromatic carbocycles. The Hall–Kier alpha value is -1.44. The molecule has 3 rings (SSSR count). The summed E-state index contributed by atoms with van der Waals surface area (Å²) in [5.74, 6) is -0.443. The maximum absolute atomic E-state index is 12.7. The summed E-state index contributed by atoms with van der Waals surface area (Å²) in [6.07, 6.45) is 4.54. The van der Waals surface area contributed by atoms with Gasteiger partial charge in [0.1, 0.15) is 0 Å². The lowest BCUT2D eigenvalue weighted by molar-refractivity contribution is 0.100. The molecular weight excluding hydrogens is 410 g/mol. The second-order valence-corrected chi connectivity index (χ2v) is 10.2. The van der Waals surface area contributed by atoms with Gasteiger partial charge in [-0.05, 0) is 42.0 Å². The van der Waals surface area contributed by atoms with Gasteiger partial charge in [0.2, 0.25) is 0 Å². The minimum Gasteiger partial charge on any atom is -0.365 e.